The molecule has 20 heavy (non-hydrogen) atoms. The van der Waals surface area contributed by atoms with E-state index < -0.39 is 17.1 Å². The molecule has 0 spiro atoms. The van der Waals surface area contributed by atoms with Gasteiger partial charge in [0.05, 0.1) is 5.69 Å². The Labute approximate surface area is 114 Å². The van der Waals surface area contributed by atoms with Gasteiger partial charge in [0.25, 0.3) is 5.56 Å². The number of hydrogen-bond acceptors (Lipinski definition) is 4. The lowest BCUT2D eigenvalue weighted by Gasteiger charge is -2.14. The van der Waals surface area contributed by atoms with Crippen LogP contribution in [-0.4, -0.2) is 23.5 Å². The molecule has 1 aromatic carbocycles. The molecule has 7 heteroatoms. The van der Waals surface area contributed by atoms with Crippen LogP contribution in [0.4, 0.5) is 10.2 Å². The monoisotopic (exact) mass is 279 g/mol. The zero-order valence-corrected chi connectivity index (χ0v) is 11.3. The number of rotatable bonds is 3. The highest BCUT2D eigenvalue weighted by Crippen LogP contribution is 2.16. The van der Waals surface area contributed by atoms with Crippen molar-refractivity contribution in [2.24, 2.45) is 0 Å². The maximum Gasteiger partial charge on any atom is 0.370 e. The Morgan fingerprint density at radius 3 is 2.50 bits per heavy atom. The molecule has 2 aromatic rings. The Bertz CT molecular complexity index is 764. The lowest BCUT2D eigenvalue weighted by atomic mass is 10.2. The van der Waals surface area contributed by atoms with Crippen LogP contribution in [0.5, 0.6) is 0 Å². The molecule has 0 radical (unpaired) electrons. The van der Waals surface area contributed by atoms with Crippen molar-refractivity contribution in [3.05, 3.63) is 56.5 Å². The van der Waals surface area contributed by atoms with Crippen LogP contribution in [0.2, 0.25) is 0 Å². The number of anilines is 1. The van der Waals surface area contributed by atoms with Gasteiger partial charge in [-0.2, -0.15) is 0 Å². The maximum atomic E-state index is 14.1. The van der Waals surface area contributed by atoms with Crippen LogP contribution in [-0.2, 0) is 0 Å². The summed E-state index contributed by atoms with van der Waals surface area (Å²) in [5, 5.41) is 2.70. The fourth-order valence-electron chi connectivity index (χ4n) is 1.91. The van der Waals surface area contributed by atoms with Gasteiger partial charge in [0.15, 0.2) is 0 Å². The molecule has 6 nitrogen and oxygen atoms in total. The molecule has 0 aliphatic rings. The molecule has 106 valence electrons. The number of benzene rings is 1. The van der Waals surface area contributed by atoms with Crippen LogP contribution in [0.25, 0.3) is 5.69 Å². The molecule has 0 atom stereocenters. The number of hydrogen-bond donors (Lipinski definition) is 1. The van der Waals surface area contributed by atoms with Crippen molar-refractivity contribution in [3.8, 4) is 5.69 Å². The van der Waals surface area contributed by atoms with Crippen molar-refractivity contribution in [3.63, 3.8) is 0 Å². The van der Waals surface area contributed by atoms with Crippen molar-refractivity contribution >= 4 is 5.82 Å². The van der Waals surface area contributed by atoms with E-state index in [1.54, 1.807) is 13.0 Å². The molecule has 1 N–H and O–H groups in total. The predicted molar refractivity (Wildman–Crippen MR) is 73.0 cm³/mol. The number of nitrogens with one attached hydrogen (secondary N) is 1. The zero-order valence-electron chi connectivity index (χ0n) is 11.3. The Balaban J connectivity index is 2.85. The minimum atomic E-state index is -0.785. The molecule has 0 unspecified atom stereocenters. The van der Waals surface area contributed by atoms with Crippen molar-refractivity contribution < 1.29 is 9.23 Å². The number of nitrogens with zero attached hydrogens (tertiary/aromatic N) is 2. The molecule has 1 heterocycles. The summed E-state index contributed by atoms with van der Waals surface area (Å²) in [4.78, 5) is 28.6. The first kappa shape index (κ1) is 13.9. The van der Waals surface area contributed by atoms with Gasteiger partial charge in [0.1, 0.15) is 18.7 Å². The molecule has 2 rings (SSSR count). The standard InChI is InChI=1S/C13H14FN3O3/c1-8-4-5-10(9(14)6-8)16-11(15-2)7-12(18)17(20-3)13(16)19/h4-7,15H,1-3H3. The average Bonchev–Trinajstić information content (AvgIpc) is 2.40. The minimum absolute atomic E-state index is 0.0377. The van der Waals surface area contributed by atoms with Gasteiger partial charge in [-0.15, -0.1) is 0 Å². The van der Waals surface area contributed by atoms with E-state index in [9.17, 15) is 14.0 Å². The second kappa shape index (κ2) is 5.20. The van der Waals surface area contributed by atoms with E-state index >= 15 is 0 Å². The minimum Gasteiger partial charge on any atom is -0.409 e. The SMILES string of the molecule is CNc1cc(=O)n(OC)c(=O)n1-c1ccc(C)cc1F. The third-order valence-electron chi connectivity index (χ3n) is 2.85. The summed E-state index contributed by atoms with van der Waals surface area (Å²) in [5.41, 5.74) is -0.654. The summed E-state index contributed by atoms with van der Waals surface area (Å²) in [6.07, 6.45) is 0. The lowest BCUT2D eigenvalue weighted by Crippen LogP contribution is -2.42. The maximum absolute atomic E-state index is 14.1. The highest BCUT2D eigenvalue weighted by Gasteiger charge is 2.15. The molecule has 0 saturated carbocycles. The summed E-state index contributed by atoms with van der Waals surface area (Å²) in [6.45, 7) is 1.74. The summed E-state index contributed by atoms with van der Waals surface area (Å²) in [7, 11) is 2.73. The highest BCUT2D eigenvalue weighted by atomic mass is 19.1. The second-order valence-electron chi connectivity index (χ2n) is 4.17. The summed E-state index contributed by atoms with van der Waals surface area (Å²) >= 11 is 0. The van der Waals surface area contributed by atoms with Crippen LogP contribution in [0, 0.1) is 12.7 Å². The molecule has 0 aliphatic carbocycles. The van der Waals surface area contributed by atoms with E-state index in [2.05, 4.69) is 5.32 Å². The second-order valence-corrected chi connectivity index (χ2v) is 4.17. The van der Waals surface area contributed by atoms with Crippen molar-refractivity contribution in [1.82, 2.24) is 9.30 Å². The number of halogens is 1. The van der Waals surface area contributed by atoms with Crippen LogP contribution in [0.1, 0.15) is 5.56 Å². The van der Waals surface area contributed by atoms with Crippen LogP contribution in [0.3, 0.4) is 0 Å². The molecule has 0 amide bonds. The first-order valence-electron chi connectivity index (χ1n) is 5.87. The third kappa shape index (κ3) is 2.18. The molecular formula is C13H14FN3O3. The smallest absolute Gasteiger partial charge is 0.370 e. The quantitative estimate of drug-likeness (QED) is 0.891. The zero-order chi connectivity index (χ0) is 14.9. The van der Waals surface area contributed by atoms with Gasteiger partial charge in [-0.1, -0.05) is 10.8 Å². The van der Waals surface area contributed by atoms with Crippen LogP contribution < -0.4 is 21.4 Å². The van der Waals surface area contributed by atoms with Crippen molar-refractivity contribution in [2.45, 2.75) is 6.92 Å². The van der Waals surface area contributed by atoms with E-state index in [1.165, 1.54) is 26.3 Å². The van der Waals surface area contributed by atoms with Gasteiger partial charge >= 0.3 is 5.69 Å². The first-order valence-corrected chi connectivity index (χ1v) is 5.87. The molecule has 0 saturated heterocycles. The normalized spacial score (nSPS) is 10.4. The molecule has 0 aliphatic heterocycles. The lowest BCUT2D eigenvalue weighted by molar-refractivity contribution is 0.142. The van der Waals surface area contributed by atoms with Crippen molar-refractivity contribution in [1.29, 1.82) is 0 Å². The first-order chi connectivity index (χ1) is 9.49. The van der Waals surface area contributed by atoms with E-state index in [-0.39, 0.29) is 11.5 Å². The Hall–Kier alpha value is -2.57. The van der Waals surface area contributed by atoms with Gasteiger partial charge < -0.3 is 10.2 Å². The fraction of sp³-hybridized carbons (Fsp3) is 0.231. The molecular weight excluding hydrogens is 265 g/mol. The van der Waals surface area contributed by atoms with Gasteiger partial charge in [-0.25, -0.2) is 13.8 Å². The van der Waals surface area contributed by atoms with Crippen LogP contribution in [0.15, 0.2) is 33.9 Å². The summed E-state index contributed by atoms with van der Waals surface area (Å²) < 4.78 is 15.7. The van der Waals surface area contributed by atoms with E-state index in [1.807, 2.05) is 0 Å². The third-order valence-corrected chi connectivity index (χ3v) is 2.85. The highest BCUT2D eigenvalue weighted by molar-refractivity contribution is 5.46. The Morgan fingerprint density at radius 2 is 1.95 bits per heavy atom. The topological polar surface area (TPSA) is 65.3 Å². The number of aromatic nitrogens is 2. The van der Waals surface area contributed by atoms with Gasteiger partial charge in [-0.3, -0.25) is 4.79 Å². The van der Waals surface area contributed by atoms with E-state index in [0.717, 1.165) is 16.2 Å². The largest absolute Gasteiger partial charge is 0.409 e. The average molecular weight is 279 g/mol. The summed E-state index contributed by atoms with van der Waals surface area (Å²) in [6, 6.07) is 5.61. The molecule has 0 bridgehead atoms. The van der Waals surface area contributed by atoms with Crippen LogP contribution >= 0.6 is 0 Å². The van der Waals surface area contributed by atoms with Gasteiger partial charge in [0.2, 0.25) is 0 Å². The van der Waals surface area contributed by atoms with E-state index in [0.29, 0.717) is 4.73 Å². The molecule has 0 fully saturated rings. The molecule has 1 aromatic heterocycles. The van der Waals surface area contributed by atoms with Gasteiger partial charge in [-0.05, 0) is 24.6 Å². The van der Waals surface area contributed by atoms with E-state index in [4.69, 9.17) is 4.84 Å². The fourth-order valence-corrected chi connectivity index (χ4v) is 1.91. The Morgan fingerprint density at radius 1 is 1.25 bits per heavy atom. The van der Waals surface area contributed by atoms with Gasteiger partial charge in [0, 0.05) is 13.1 Å². The van der Waals surface area contributed by atoms with Crippen molar-refractivity contribution in [2.75, 3.05) is 19.5 Å². The predicted octanol–water partition coefficient (Wildman–Crippen LogP) is 0.547. The summed E-state index contributed by atoms with van der Waals surface area (Å²) in [5.74, 6) is -0.388. The Kier molecular flexibility index (Phi) is 3.60. The number of aryl methyl sites for hydroxylation is 1.